The predicted molar refractivity (Wildman–Crippen MR) is 102 cm³/mol. The topological polar surface area (TPSA) is 20.2 Å². The van der Waals surface area contributed by atoms with Crippen LogP contribution in [0.3, 0.4) is 0 Å². The molecule has 0 bridgehead atoms. The summed E-state index contributed by atoms with van der Waals surface area (Å²) in [4.78, 5) is 0. The molecule has 1 rings (SSSR count). The molecular formula is C21H27BO. The van der Waals surface area contributed by atoms with Gasteiger partial charge in [-0.3, -0.25) is 0 Å². The third kappa shape index (κ3) is 6.07. The van der Waals surface area contributed by atoms with E-state index in [9.17, 15) is 5.11 Å². The van der Waals surface area contributed by atoms with Crippen molar-refractivity contribution >= 4 is 7.85 Å². The fourth-order valence-corrected chi connectivity index (χ4v) is 2.55. The lowest BCUT2D eigenvalue weighted by atomic mass is 9.82. The van der Waals surface area contributed by atoms with Gasteiger partial charge >= 0.3 is 0 Å². The first-order valence-corrected chi connectivity index (χ1v) is 7.96. The zero-order valence-corrected chi connectivity index (χ0v) is 14.8. The smallest absolute Gasteiger partial charge is 0.106 e. The fourth-order valence-electron chi connectivity index (χ4n) is 2.55. The van der Waals surface area contributed by atoms with E-state index in [1.807, 2.05) is 52.0 Å². The maximum atomic E-state index is 11.3. The Morgan fingerprint density at radius 3 is 2.57 bits per heavy atom. The van der Waals surface area contributed by atoms with Gasteiger partial charge in [-0.05, 0) is 44.7 Å². The van der Waals surface area contributed by atoms with Crippen LogP contribution in [0.15, 0.2) is 66.2 Å². The van der Waals surface area contributed by atoms with E-state index in [0.29, 0.717) is 12.8 Å². The summed E-state index contributed by atoms with van der Waals surface area (Å²) in [7, 11) is 5.77. The number of aliphatic hydroxyl groups is 1. The SMILES string of the molecule is [B]/C(C)=C/CC(O)(C/C=C\C(C)=C/C=C)c1cc(C)ccc1C. The van der Waals surface area contributed by atoms with Crippen LogP contribution in [0.1, 0.15) is 43.4 Å². The summed E-state index contributed by atoms with van der Waals surface area (Å²) in [5.41, 5.74) is 4.07. The zero-order chi connectivity index (χ0) is 17.5. The highest BCUT2D eigenvalue weighted by Crippen LogP contribution is 2.33. The van der Waals surface area contributed by atoms with Gasteiger partial charge in [0.25, 0.3) is 0 Å². The molecule has 0 aliphatic carbocycles. The summed E-state index contributed by atoms with van der Waals surface area (Å²) in [5, 5.41) is 11.3. The molecular weight excluding hydrogens is 279 g/mol. The van der Waals surface area contributed by atoms with Crippen LogP contribution in [-0.4, -0.2) is 13.0 Å². The number of aryl methyl sites for hydroxylation is 2. The van der Waals surface area contributed by atoms with Crippen molar-refractivity contribution in [2.24, 2.45) is 0 Å². The first kappa shape index (κ1) is 19.3. The first-order valence-electron chi connectivity index (χ1n) is 7.96. The summed E-state index contributed by atoms with van der Waals surface area (Å²) < 4.78 is 0. The second-order valence-corrected chi connectivity index (χ2v) is 6.26. The molecule has 1 nitrogen and oxygen atoms in total. The Bertz CT molecular complexity index is 633. The zero-order valence-electron chi connectivity index (χ0n) is 14.8. The molecule has 1 aromatic carbocycles. The molecule has 0 fully saturated rings. The molecule has 120 valence electrons. The average Bonchev–Trinajstić information content (AvgIpc) is 2.48. The van der Waals surface area contributed by atoms with Crippen molar-refractivity contribution in [3.8, 4) is 0 Å². The maximum Gasteiger partial charge on any atom is 0.106 e. The molecule has 2 heteroatoms. The summed E-state index contributed by atoms with van der Waals surface area (Å²) in [5.74, 6) is 0. The van der Waals surface area contributed by atoms with Gasteiger partial charge in [-0.1, -0.05) is 73.2 Å². The quantitative estimate of drug-likeness (QED) is 0.553. The summed E-state index contributed by atoms with van der Waals surface area (Å²) in [6.45, 7) is 11.6. The molecule has 0 saturated carbocycles. The van der Waals surface area contributed by atoms with Crippen molar-refractivity contribution in [3.63, 3.8) is 0 Å². The van der Waals surface area contributed by atoms with Gasteiger partial charge in [0.2, 0.25) is 0 Å². The van der Waals surface area contributed by atoms with Gasteiger partial charge in [-0.2, -0.15) is 0 Å². The Balaban J connectivity index is 3.17. The molecule has 0 spiro atoms. The van der Waals surface area contributed by atoms with E-state index >= 15 is 0 Å². The van der Waals surface area contributed by atoms with Crippen LogP contribution >= 0.6 is 0 Å². The van der Waals surface area contributed by atoms with E-state index in [1.165, 1.54) is 0 Å². The van der Waals surface area contributed by atoms with Crippen LogP contribution in [0.25, 0.3) is 0 Å². The summed E-state index contributed by atoms with van der Waals surface area (Å²) in [6.07, 6.45) is 10.6. The molecule has 0 aliphatic heterocycles. The van der Waals surface area contributed by atoms with Crippen molar-refractivity contribution in [2.75, 3.05) is 0 Å². The van der Waals surface area contributed by atoms with Gasteiger partial charge < -0.3 is 5.11 Å². The van der Waals surface area contributed by atoms with Crippen molar-refractivity contribution in [2.45, 2.75) is 46.1 Å². The van der Waals surface area contributed by atoms with E-state index in [4.69, 9.17) is 7.85 Å². The minimum atomic E-state index is -0.957. The minimum Gasteiger partial charge on any atom is -0.385 e. The average molecular weight is 306 g/mol. The van der Waals surface area contributed by atoms with Crippen LogP contribution in [0.2, 0.25) is 0 Å². The van der Waals surface area contributed by atoms with Gasteiger partial charge in [0.15, 0.2) is 0 Å². The van der Waals surface area contributed by atoms with E-state index in [2.05, 4.69) is 24.8 Å². The van der Waals surface area contributed by atoms with Crippen molar-refractivity contribution in [1.29, 1.82) is 0 Å². The van der Waals surface area contributed by atoms with Crippen LogP contribution in [0.4, 0.5) is 0 Å². The van der Waals surface area contributed by atoms with Crippen LogP contribution in [0, 0.1) is 13.8 Å². The van der Waals surface area contributed by atoms with Crippen molar-refractivity contribution < 1.29 is 5.11 Å². The van der Waals surface area contributed by atoms with Crippen LogP contribution in [0.5, 0.6) is 0 Å². The van der Waals surface area contributed by atoms with Gasteiger partial charge in [0, 0.05) is 0 Å². The lowest BCUT2D eigenvalue weighted by Crippen LogP contribution is -2.25. The fraction of sp³-hybridized carbons (Fsp3) is 0.333. The molecule has 2 radical (unpaired) electrons. The third-order valence-corrected chi connectivity index (χ3v) is 3.87. The van der Waals surface area contributed by atoms with E-state index in [1.54, 1.807) is 6.08 Å². The van der Waals surface area contributed by atoms with Crippen LogP contribution in [-0.2, 0) is 5.60 Å². The molecule has 0 amide bonds. The van der Waals surface area contributed by atoms with Gasteiger partial charge in [-0.25, -0.2) is 0 Å². The first-order chi connectivity index (χ1) is 10.8. The number of hydrogen-bond acceptors (Lipinski definition) is 1. The molecule has 0 aliphatic rings. The number of allylic oxidation sites excluding steroid dienone is 5. The number of benzene rings is 1. The Labute approximate surface area is 142 Å². The van der Waals surface area contributed by atoms with E-state index in [0.717, 1.165) is 27.7 Å². The molecule has 1 unspecified atom stereocenters. The Hall–Kier alpha value is -1.80. The van der Waals surface area contributed by atoms with Gasteiger partial charge in [-0.15, -0.1) is 5.47 Å². The normalized spacial score (nSPS) is 15.7. The van der Waals surface area contributed by atoms with Crippen molar-refractivity contribution in [3.05, 3.63) is 82.9 Å². The maximum absolute atomic E-state index is 11.3. The molecule has 23 heavy (non-hydrogen) atoms. The molecule has 0 saturated heterocycles. The lowest BCUT2D eigenvalue weighted by Gasteiger charge is -2.29. The monoisotopic (exact) mass is 306 g/mol. The van der Waals surface area contributed by atoms with Crippen LogP contribution < -0.4 is 0 Å². The number of rotatable bonds is 7. The second kappa shape index (κ2) is 8.74. The van der Waals surface area contributed by atoms with E-state index < -0.39 is 5.60 Å². The standard InChI is InChI=1S/C21H27BO/c1-6-8-16(2)9-7-13-21(23,14-12-19(5)22)20-15-17(3)10-11-18(20)4/h6-12,15,23H,1,13-14H2,2-5H3/b9-7-,16-8-,19-12+. The summed E-state index contributed by atoms with van der Waals surface area (Å²) >= 11 is 0. The molecule has 0 aromatic heterocycles. The molecule has 1 aromatic rings. The third-order valence-electron chi connectivity index (χ3n) is 3.87. The van der Waals surface area contributed by atoms with Crippen molar-refractivity contribution in [1.82, 2.24) is 0 Å². The lowest BCUT2D eigenvalue weighted by molar-refractivity contribution is 0.0420. The molecule has 0 heterocycles. The largest absolute Gasteiger partial charge is 0.385 e. The van der Waals surface area contributed by atoms with E-state index in [-0.39, 0.29) is 0 Å². The Kier molecular flexibility index (Phi) is 7.31. The predicted octanol–water partition coefficient (Wildman–Crippen LogP) is 5.03. The Morgan fingerprint density at radius 2 is 1.96 bits per heavy atom. The minimum absolute atomic E-state index is 0.494. The molecule has 1 atom stereocenters. The second-order valence-electron chi connectivity index (χ2n) is 6.26. The Morgan fingerprint density at radius 1 is 1.26 bits per heavy atom. The highest BCUT2D eigenvalue weighted by Gasteiger charge is 2.28. The summed E-state index contributed by atoms with van der Waals surface area (Å²) in [6, 6.07) is 6.19. The van der Waals surface area contributed by atoms with Gasteiger partial charge in [0.1, 0.15) is 7.85 Å². The number of hydrogen-bond donors (Lipinski definition) is 1. The van der Waals surface area contributed by atoms with Gasteiger partial charge in [0.05, 0.1) is 5.60 Å². The highest BCUT2D eigenvalue weighted by atomic mass is 16.3. The highest BCUT2D eigenvalue weighted by molar-refractivity contribution is 6.21. The molecule has 1 N–H and O–H groups in total.